The number of rotatable bonds is 3. The van der Waals surface area contributed by atoms with Gasteiger partial charge in [0.2, 0.25) is 0 Å². The zero-order chi connectivity index (χ0) is 6.62. The van der Waals surface area contributed by atoms with Crippen LogP contribution in [0.2, 0.25) is 0 Å². The van der Waals surface area contributed by atoms with Gasteiger partial charge in [-0.15, -0.1) is 6.58 Å². The summed E-state index contributed by atoms with van der Waals surface area (Å²) in [6, 6.07) is 0. The molecule has 0 bridgehead atoms. The predicted molar refractivity (Wildman–Crippen MR) is 39.1 cm³/mol. The van der Waals surface area contributed by atoms with Crippen LogP contribution in [-0.4, -0.2) is 15.0 Å². The van der Waals surface area contributed by atoms with E-state index in [4.69, 9.17) is 0 Å². The molecule has 0 rings (SSSR count). The zero-order valence-corrected chi connectivity index (χ0v) is 6.98. The van der Waals surface area contributed by atoms with Crippen LogP contribution in [0.3, 0.4) is 0 Å². The number of hydrogen-bond donors (Lipinski definition) is 0. The monoisotopic (exact) mass is 248 g/mol. The van der Waals surface area contributed by atoms with E-state index in [9.17, 15) is 8.42 Å². The fraction of sp³-hybridized carbons (Fsp3) is 0.333. The molecule has 0 aliphatic heterocycles. The summed E-state index contributed by atoms with van der Waals surface area (Å²) in [5.74, 6) is 0. The molecule has 0 aliphatic carbocycles. The lowest BCUT2D eigenvalue weighted by Gasteiger charge is -1.89. The standard InChI is InChI=1S/C3H5IO3S/c1-2-3-7-8(4,5)6/h2H,1,3H2. The first-order chi connectivity index (χ1) is 3.56. The minimum Gasteiger partial charge on any atom is -0.258 e. The van der Waals surface area contributed by atoms with Crippen molar-refractivity contribution in [1.29, 1.82) is 0 Å². The summed E-state index contributed by atoms with van der Waals surface area (Å²) >= 11 is 1.20. The van der Waals surface area contributed by atoms with E-state index in [2.05, 4.69) is 10.8 Å². The third kappa shape index (κ3) is 6.38. The maximum absolute atomic E-state index is 10.1. The van der Waals surface area contributed by atoms with E-state index in [1.165, 1.54) is 27.3 Å². The fourth-order valence-corrected chi connectivity index (χ4v) is 0.829. The Labute approximate surface area is 60.4 Å². The first-order valence-corrected chi connectivity index (χ1v) is 5.71. The van der Waals surface area contributed by atoms with Crippen molar-refractivity contribution in [2.24, 2.45) is 0 Å². The Morgan fingerprint density at radius 2 is 2.25 bits per heavy atom. The highest BCUT2D eigenvalue weighted by molar-refractivity contribution is 14.2. The van der Waals surface area contributed by atoms with Crippen LogP contribution in [0.4, 0.5) is 0 Å². The van der Waals surface area contributed by atoms with Gasteiger partial charge in [-0.2, -0.15) is 8.42 Å². The summed E-state index contributed by atoms with van der Waals surface area (Å²) in [7, 11) is -3.29. The highest BCUT2D eigenvalue weighted by Crippen LogP contribution is 2.01. The van der Waals surface area contributed by atoms with E-state index in [1.807, 2.05) is 0 Å². The molecule has 0 atom stereocenters. The normalized spacial score (nSPS) is 11.1. The minimum atomic E-state index is -3.29. The second-order valence-electron chi connectivity index (χ2n) is 0.966. The molecule has 0 N–H and O–H groups in total. The second-order valence-corrected chi connectivity index (χ2v) is 5.22. The van der Waals surface area contributed by atoms with Crippen LogP contribution in [0.1, 0.15) is 0 Å². The molecule has 0 unspecified atom stereocenters. The Morgan fingerprint density at radius 3 is 2.38 bits per heavy atom. The van der Waals surface area contributed by atoms with E-state index >= 15 is 0 Å². The maximum Gasteiger partial charge on any atom is 0.321 e. The number of hydrogen-bond acceptors (Lipinski definition) is 3. The Hall–Kier alpha value is 0.380. The predicted octanol–water partition coefficient (Wildman–Crippen LogP) is 0.869. The van der Waals surface area contributed by atoms with E-state index in [0.29, 0.717) is 0 Å². The number of halogens is 1. The lowest BCUT2D eigenvalue weighted by molar-refractivity contribution is 0.373. The molecule has 0 aromatic heterocycles. The van der Waals surface area contributed by atoms with E-state index in [1.54, 1.807) is 0 Å². The molecule has 0 fully saturated rings. The van der Waals surface area contributed by atoms with Gasteiger partial charge in [0.25, 0.3) is 0 Å². The summed E-state index contributed by atoms with van der Waals surface area (Å²) in [5.41, 5.74) is 0. The van der Waals surface area contributed by atoms with Crippen LogP contribution in [-0.2, 0) is 11.5 Å². The van der Waals surface area contributed by atoms with Gasteiger partial charge < -0.3 is 0 Å². The van der Waals surface area contributed by atoms with Gasteiger partial charge >= 0.3 is 7.29 Å². The van der Waals surface area contributed by atoms with Crippen LogP contribution in [0.25, 0.3) is 0 Å². The lowest BCUT2D eigenvalue weighted by atomic mass is 10.7. The molecule has 0 saturated carbocycles. The Morgan fingerprint density at radius 1 is 1.75 bits per heavy atom. The molecule has 0 spiro atoms. The summed E-state index contributed by atoms with van der Waals surface area (Å²) < 4.78 is 24.4. The first-order valence-electron chi connectivity index (χ1n) is 1.76. The average Bonchev–Trinajstić information content (AvgIpc) is 1.59. The van der Waals surface area contributed by atoms with Crippen molar-refractivity contribution in [1.82, 2.24) is 0 Å². The van der Waals surface area contributed by atoms with Crippen LogP contribution in [0.5, 0.6) is 0 Å². The van der Waals surface area contributed by atoms with Crippen LogP contribution >= 0.6 is 21.2 Å². The van der Waals surface area contributed by atoms with E-state index in [-0.39, 0.29) is 6.61 Å². The van der Waals surface area contributed by atoms with Crippen molar-refractivity contribution in [3.8, 4) is 0 Å². The fourth-order valence-electron chi connectivity index (χ4n) is 0.129. The molecular formula is C3H5IO3S. The summed E-state index contributed by atoms with van der Waals surface area (Å²) in [5, 5.41) is 0. The molecule has 3 nitrogen and oxygen atoms in total. The Bertz CT molecular complexity index is 159. The van der Waals surface area contributed by atoms with Crippen LogP contribution in [0.15, 0.2) is 12.7 Å². The van der Waals surface area contributed by atoms with Crippen LogP contribution < -0.4 is 0 Å². The first kappa shape index (κ1) is 8.38. The van der Waals surface area contributed by atoms with Crippen molar-refractivity contribution < 1.29 is 12.6 Å². The smallest absolute Gasteiger partial charge is 0.258 e. The van der Waals surface area contributed by atoms with Crippen molar-refractivity contribution in [3.63, 3.8) is 0 Å². The summed E-state index contributed by atoms with van der Waals surface area (Å²) in [4.78, 5) is 0. The average molecular weight is 248 g/mol. The third-order valence-electron chi connectivity index (χ3n) is 0.327. The van der Waals surface area contributed by atoms with Crippen molar-refractivity contribution in [2.75, 3.05) is 6.61 Å². The lowest BCUT2D eigenvalue weighted by Crippen LogP contribution is -1.94. The van der Waals surface area contributed by atoms with E-state index < -0.39 is 7.29 Å². The van der Waals surface area contributed by atoms with Crippen molar-refractivity contribution >= 4 is 28.5 Å². The van der Waals surface area contributed by atoms with Gasteiger partial charge in [-0.3, -0.25) is 4.18 Å². The Balaban J connectivity index is 3.57. The third-order valence-corrected chi connectivity index (χ3v) is 1.51. The van der Waals surface area contributed by atoms with Gasteiger partial charge in [0.15, 0.2) is 0 Å². The van der Waals surface area contributed by atoms with Gasteiger partial charge in [-0.1, -0.05) is 6.08 Å². The molecule has 48 valence electrons. The van der Waals surface area contributed by atoms with Gasteiger partial charge in [-0.05, 0) is 0 Å². The van der Waals surface area contributed by atoms with E-state index in [0.717, 1.165) is 0 Å². The SMILES string of the molecule is C=CCOS(=O)(=O)I. The molecule has 0 aromatic rings. The van der Waals surface area contributed by atoms with Crippen molar-refractivity contribution in [3.05, 3.63) is 12.7 Å². The van der Waals surface area contributed by atoms with Crippen molar-refractivity contribution in [2.45, 2.75) is 0 Å². The topological polar surface area (TPSA) is 43.4 Å². The maximum atomic E-state index is 10.1. The summed E-state index contributed by atoms with van der Waals surface area (Å²) in [6.07, 6.45) is 1.37. The molecular weight excluding hydrogens is 243 g/mol. The van der Waals surface area contributed by atoms with Crippen LogP contribution in [0, 0.1) is 0 Å². The molecule has 5 heteroatoms. The van der Waals surface area contributed by atoms with Gasteiger partial charge in [0.05, 0.1) is 6.61 Å². The molecule has 0 aliphatic rings. The second kappa shape index (κ2) is 3.41. The highest BCUT2D eigenvalue weighted by Gasteiger charge is 1.99. The quantitative estimate of drug-likeness (QED) is 0.423. The molecule has 0 radical (unpaired) electrons. The molecule has 0 aromatic carbocycles. The minimum absolute atomic E-state index is 0.0469. The summed E-state index contributed by atoms with van der Waals surface area (Å²) in [6.45, 7) is 3.32. The largest absolute Gasteiger partial charge is 0.321 e. The highest BCUT2D eigenvalue weighted by atomic mass is 127. The molecule has 0 saturated heterocycles. The molecule has 0 amide bonds. The molecule has 8 heavy (non-hydrogen) atoms. The van der Waals surface area contributed by atoms with Gasteiger partial charge in [0.1, 0.15) is 21.2 Å². The van der Waals surface area contributed by atoms with Gasteiger partial charge in [-0.25, -0.2) is 0 Å². The Kier molecular flexibility index (Phi) is 3.58. The molecule has 0 heterocycles. The zero-order valence-electron chi connectivity index (χ0n) is 4.00. The van der Waals surface area contributed by atoms with Gasteiger partial charge in [0, 0.05) is 0 Å².